The quantitative estimate of drug-likeness (QED) is 0.538. The summed E-state index contributed by atoms with van der Waals surface area (Å²) in [5.74, 6) is 0.837. The Balaban J connectivity index is 1.78. The van der Waals surface area contributed by atoms with Crippen LogP contribution >= 0.6 is 0 Å². The Kier molecular flexibility index (Phi) is 6.08. The van der Waals surface area contributed by atoms with Crippen molar-refractivity contribution in [1.82, 2.24) is 20.4 Å². The molecule has 7 heteroatoms. The van der Waals surface area contributed by atoms with E-state index in [0.717, 1.165) is 28.8 Å². The van der Waals surface area contributed by atoms with Gasteiger partial charge in [-0.3, -0.25) is 4.90 Å². The molecule has 0 saturated heterocycles. The SMILES string of the molecule is CC1=C(c2nc(-c3ccc(F)cc3)no2)C(c2ccc(C)cc2)NC(=O)N1CCC(C)C. The molecule has 1 aliphatic rings. The maximum Gasteiger partial charge on any atom is 0.322 e. The number of allylic oxidation sites excluding steroid dienone is 1. The number of aromatic nitrogens is 2. The largest absolute Gasteiger partial charge is 0.334 e. The number of carbonyl (C=O) groups excluding carboxylic acids is 1. The Labute approximate surface area is 187 Å². The Morgan fingerprint density at radius 2 is 1.78 bits per heavy atom. The number of rotatable bonds is 6. The molecule has 1 unspecified atom stereocenters. The number of amides is 2. The molecule has 166 valence electrons. The van der Waals surface area contributed by atoms with Crippen molar-refractivity contribution >= 4 is 11.6 Å². The molecule has 2 heterocycles. The van der Waals surface area contributed by atoms with Gasteiger partial charge in [0.1, 0.15) is 5.82 Å². The molecule has 6 nitrogen and oxygen atoms in total. The van der Waals surface area contributed by atoms with E-state index in [9.17, 15) is 9.18 Å². The van der Waals surface area contributed by atoms with Crippen molar-refractivity contribution in [2.75, 3.05) is 6.54 Å². The molecule has 1 atom stereocenters. The summed E-state index contributed by atoms with van der Waals surface area (Å²) in [5.41, 5.74) is 4.27. The Morgan fingerprint density at radius 3 is 2.44 bits per heavy atom. The number of hydrogen-bond acceptors (Lipinski definition) is 4. The smallest absolute Gasteiger partial charge is 0.322 e. The van der Waals surface area contributed by atoms with Crippen molar-refractivity contribution in [3.8, 4) is 11.4 Å². The van der Waals surface area contributed by atoms with Crippen LogP contribution in [0.2, 0.25) is 0 Å². The number of urea groups is 1. The highest BCUT2D eigenvalue weighted by atomic mass is 19.1. The van der Waals surface area contributed by atoms with E-state index in [-0.39, 0.29) is 11.8 Å². The maximum absolute atomic E-state index is 13.3. The number of nitrogens with zero attached hydrogens (tertiary/aromatic N) is 3. The van der Waals surface area contributed by atoms with Crippen LogP contribution in [0.25, 0.3) is 17.0 Å². The second-order valence-corrected chi connectivity index (χ2v) is 8.56. The normalized spacial score (nSPS) is 16.6. The summed E-state index contributed by atoms with van der Waals surface area (Å²) < 4.78 is 19.0. The van der Waals surface area contributed by atoms with Crippen molar-refractivity contribution < 1.29 is 13.7 Å². The van der Waals surface area contributed by atoms with Gasteiger partial charge in [-0.1, -0.05) is 48.8 Å². The molecule has 4 rings (SSSR count). The molecular formula is C25H27FN4O2. The molecule has 0 radical (unpaired) electrons. The predicted octanol–water partition coefficient (Wildman–Crippen LogP) is 5.73. The monoisotopic (exact) mass is 434 g/mol. The third-order valence-electron chi connectivity index (χ3n) is 5.70. The lowest BCUT2D eigenvalue weighted by molar-refractivity contribution is 0.202. The fourth-order valence-corrected chi connectivity index (χ4v) is 3.77. The summed E-state index contributed by atoms with van der Waals surface area (Å²) in [7, 11) is 0. The van der Waals surface area contributed by atoms with Crippen LogP contribution in [0.15, 0.2) is 58.8 Å². The molecule has 0 bridgehead atoms. The first-order valence-electron chi connectivity index (χ1n) is 10.8. The van der Waals surface area contributed by atoms with E-state index in [2.05, 4.69) is 29.3 Å². The molecule has 0 fully saturated rings. The van der Waals surface area contributed by atoms with Crippen LogP contribution in [0, 0.1) is 18.7 Å². The van der Waals surface area contributed by atoms with Gasteiger partial charge in [0.2, 0.25) is 5.82 Å². The van der Waals surface area contributed by atoms with Crippen LogP contribution < -0.4 is 5.32 Å². The molecule has 1 N–H and O–H groups in total. The van der Waals surface area contributed by atoms with Crippen molar-refractivity contribution in [1.29, 1.82) is 0 Å². The average Bonchev–Trinajstić information content (AvgIpc) is 3.23. The topological polar surface area (TPSA) is 71.3 Å². The Morgan fingerprint density at radius 1 is 1.09 bits per heavy atom. The lowest BCUT2D eigenvalue weighted by Gasteiger charge is -2.35. The minimum atomic E-state index is -0.417. The van der Waals surface area contributed by atoms with E-state index in [1.165, 1.54) is 12.1 Å². The van der Waals surface area contributed by atoms with Gasteiger partial charge in [0.15, 0.2) is 0 Å². The van der Waals surface area contributed by atoms with Crippen LogP contribution in [0.4, 0.5) is 9.18 Å². The van der Waals surface area contributed by atoms with Crippen LogP contribution in [-0.2, 0) is 0 Å². The van der Waals surface area contributed by atoms with E-state index in [1.54, 1.807) is 17.0 Å². The molecular weight excluding hydrogens is 407 g/mol. The van der Waals surface area contributed by atoms with E-state index < -0.39 is 6.04 Å². The molecule has 3 aromatic rings. The third-order valence-corrected chi connectivity index (χ3v) is 5.70. The van der Waals surface area contributed by atoms with E-state index >= 15 is 0 Å². The molecule has 1 aromatic heterocycles. The van der Waals surface area contributed by atoms with Gasteiger partial charge in [0.05, 0.1) is 11.6 Å². The Bertz CT molecular complexity index is 1130. The Hall–Kier alpha value is -3.48. The molecule has 2 amide bonds. The number of benzene rings is 2. The number of nitrogens with one attached hydrogen (secondary N) is 1. The molecule has 0 aliphatic carbocycles. The summed E-state index contributed by atoms with van der Waals surface area (Å²) in [6.07, 6.45) is 0.873. The standard InChI is InChI=1S/C25H27FN4O2/c1-15(2)13-14-30-17(4)21(22(27-25(30)31)18-7-5-16(3)6-8-18)24-28-23(29-32-24)19-9-11-20(26)12-10-19/h5-12,15,22H,13-14H2,1-4H3,(H,27,31). The van der Waals surface area contributed by atoms with Gasteiger partial charge in [-0.15, -0.1) is 0 Å². The lowest BCUT2D eigenvalue weighted by Crippen LogP contribution is -2.46. The summed E-state index contributed by atoms with van der Waals surface area (Å²) in [6.45, 7) is 8.79. The highest BCUT2D eigenvalue weighted by Gasteiger charge is 2.35. The fourth-order valence-electron chi connectivity index (χ4n) is 3.77. The second-order valence-electron chi connectivity index (χ2n) is 8.56. The zero-order valence-corrected chi connectivity index (χ0v) is 18.7. The summed E-state index contributed by atoms with van der Waals surface area (Å²) in [4.78, 5) is 19.3. The molecule has 0 saturated carbocycles. The molecule has 1 aliphatic heterocycles. The van der Waals surface area contributed by atoms with Gasteiger partial charge in [-0.2, -0.15) is 4.98 Å². The second kappa shape index (κ2) is 8.94. The fraction of sp³-hybridized carbons (Fsp3) is 0.320. The zero-order valence-electron chi connectivity index (χ0n) is 18.7. The minimum absolute atomic E-state index is 0.143. The zero-order chi connectivity index (χ0) is 22.8. The van der Waals surface area contributed by atoms with Crippen molar-refractivity contribution in [2.45, 2.75) is 40.2 Å². The van der Waals surface area contributed by atoms with Crippen molar-refractivity contribution in [3.63, 3.8) is 0 Å². The third kappa shape index (κ3) is 4.42. The summed E-state index contributed by atoms with van der Waals surface area (Å²) >= 11 is 0. The van der Waals surface area contributed by atoms with Crippen molar-refractivity contribution in [2.24, 2.45) is 5.92 Å². The van der Waals surface area contributed by atoms with Crippen LogP contribution in [0.3, 0.4) is 0 Å². The van der Waals surface area contributed by atoms with Gasteiger partial charge in [0, 0.05) is 17.8 Å². The average molecular weight is 435 g/mol. The predicted molar refractivity (Wildman–Crippen MR) is 121 cm³/mol. The number of carbonyl (C=O) groups is 1. The highest BCUT2D eigenvalue weighted by Crippen LogP contribution is 2.37. The highest BCUT2D eigenvalue weighted by molar-refractivity contribution is 5.86. The first-order valence-corrected chi connectivity index (χ1v) is 10.8. The number of aryl methyl sites for hydroxylation is 1. The number of hydrogen-bond donors (Lipinski definition) is 1. The van der Waals surface area contributed by atoms with Gasteiger partial charge in [-0.25, -0.2) is 9.18 Å². The summed E-state index contributed by atoms with van der Waals surface area (Å²) in [6, 6.07) is 13.4. The molecule has 0 spiro atoms. The van der Waals surface area contributed by atoms with Gasteiger partial charge in [0.25, 0.3) is 5.89 Å². The lowest BCUT2D eigenvalue weighted by atomic mass is 9.94. The first kappa shape index (κ1) is 21.7. The van der Waals surface area contributed by atoms with Gasteiger partial charge >= 0.3 is 6.03 Å². The summed E-state index contributed by atoms with van der Waals surface area (Å²) in [5, 5.41) is 7.23. The van der Waals surface area contributed by atoms with E-state index in [0.29, 0.717) is 29.7 Å². The van der Waals surface area contributed by atoms with Crippen LogP contribution in [0.5, 0.6) is 0 Å². The van der Waals surface area contributed by atoms with E-state index in [4.69, 9.17) is 4.52 Å². The van der Waals surface area contributed by atoms with Crippen molar-refractivity contribution in [3.05, 3.63) is 77.1 Å². The number of halogens is 1. The van der Waals surface area contributed by atoms with Crippen LogP contribution in [0.1, 0.15) is 50.3 Å². The van der Waals surface area contributed by atoms with Crippen LogP contribution in [-0.4, -0.2) is 27.6 Å². The minimum Gasteiger partial charge on any atom is -0.334 e. The first-order chi connectivity index (χ1) is 15.3. The van der Waals surface area contributed by atoms with Gasteiger partial charge in [-0.05, 0) is 56.0 Å². The molecule has 2 aromatic carbocycles. The van der Waals surface area contributed by atoms with Gasteiger partial charge < -0.3 is 9.84 Å². The maximum atomic E-state index is 13.3. The van der Waals surface area contributed by atoms with E-state index in [1.807, 2.05) is 38.1 Å². The molecule has 32 heavy (non-hydrogen) atoms.